The van der Waals surface area contributed by atoms with Gasteiger partial charge in [-0.15, -0.1) is 0 Å². The molecule has 7 heteroatoms. The lowest BCUT2D eigenvalue weighted by molar-refractivity contribution is -0.166. The van der Waals surface area contributed by atoms with Crippen molar-refractivity contribution in [2.45, 2.75) is 26.0 Å². The number of benzene rings is 2. The van der Waals surface area contributed by atoms with Crippen molar-refractivity contribution in [3.8, 4) is 5.75 Å². The highest BCUT2D eigenvalue weighted by molar-refractivity contribution is 6.30. The highest BCUT2D eigenvalue weighted by Gasteiger charge is 2.27. The fourth-order valence-electron chi connectivity index (χ4n) is 2.34. The predicted molar refractivity (Wildman–Crippen MR) is 103 cm³/mol. The van der Waals surface area contributed by atoms with E-state index in [9.17, 15) is 9.59 Å². The molecular weight excluding hydrogens is 370 g/mol. The molecule has 2 rings (SSSR count). The number of halogens is 1. The molecule has 144 valence electrons. The minimum atomic E-state index is -1.01. The SMILES string of the molecule is CCOC(=O)[C@H](C)OC(=O)[C@H](Nc1ccc(OC)cc1)c1ccc(Cl)cc1. The summed E-state index contributed by atoms with van der Waals surface area (Å²) in [6, 6.07) is 13.1. The zero-order valence-corrected chi connectivity index (χ0v) is 16.2. The number of rotatable bonds is 8. The fourth-order valence-corrected chi connectivity index (χ4v) is 2.46. The molecule has 0 aliphatic heterocycles. The summed E-state index contributed by atoms with van der Waals surface area (Å²) in [6.45, 7) is 3.38. The van der Waals surface area contributed by atoms with E-state index in [4.69, 9.17) is 25.8 Å². The summed E-state index contributed by atoms with van der Waals surface area (Å²) in [5, 5.41) is 3.67. The second-order valence-electron chi connectivity index (χ2n) is 5.69. The Morgan fingerprint density at radius 1 is 1.04 bits per heavy atom. The normalized spacial score (nSPS) is 12.6. The van der Waals surface area contributed by atoms with Crippen LogP contribution in [0, 0.1) is 0 Å². The fraction of sp³-hybridized carbons (Fsp3) is 0.300. The Morgan fingerprint density at radius 2 is 1.67 bits per heavy atom. The Labute approximate surface area is 163 Å². The number of esters is 2. The van der Waals surface area contributed by atoms with E-state index >= 15 is 0 Å². The molecule has 0 aliphatic carbocycles. The third-order valence-corrected chi connectivity index (χ3v) is 4.00. The molecular formula is C20H22ClNO5. The average Bonchev–Trinajstić information content (AvgIpc) is 2.67. The molecule has 27 heavy (non-hydrogen) atoms. The predicted octanol–water partition coefficient (Wildman–Crippen LogP) is 4.00. The van der Waals surface area contributed by atoms with Crippen molar-refractivity contribution < 1.29 is 23.8 Å². The van der Waals surface area contributed by atoms with Crippen LogP contribution in [0.15, 0.2) is 48.5 Å². The van der Waals surface area contributed by atoms with Crippen LogP contribution in [0.25, 0.3) is 0 Å². The third kappa shape index (κ3) is 5.89. The number of methoxy groups -OCH3 is 1. The molecule has 6 nitrogen and oxygen atoms in total. The Morgan fingerprint density at radius 3 is 2.22 bits per heavy atom. The molecule has 0 unspecified atom stereocenters. The molecule has 1 N–H and O–H groups in total. The second-order valence-corrected chi connectivity index (χ2v) is 6.13. The van der Waals surface area contributed by atoms with Crippen molar-refractivity contribution >= 4 is 29.2 Å². The van der Waals surface area contributed by atoms with Gasteiger partial charge in [0.25, 0.3) is 0 Å². The van der Waals surface area contributed by atoms with Gasteiger partial charge in [0, 0.05) is 10.7 Å². The summed E-state index contributed by atoms with van der Waals surface area (Å²) < 4.78 is 15.3. The first kappa shape index (κ1) is 20.6. The molecule has 0 saturated carbocycles. The van der Waals surface area contributed by atoms with E-state index in [2.05, 4.69) is 5.32 Å². The number of nitrogens with one attached hydrogen (secondary N) is 1. The number of carbonyl (C=O) groups excluding carboxylic acids is 2. The maximum atomic E-state index is 12.7. The Hall–Kier alpha value is -2.73. The molecule has 0 fully saturated rings. The highest BCUT2D eigenvalue weighted by atomic mass is 35.5. The summed E-state index contributed by atoms with van der Waals surface area (Å²) in [7, 11) is 1.58. The lowest BCUT2D eigenvalue weighted by atomic mass is 10.1. The number of hydrogen-bond donors (Lipinski definition) is 1. The molecule has 0 aliphatic rings. The van der Waals surface area contributed by atoms with Crippen LogP contribution < -0.4 is 10.1 Å². The highest BCUT2D eigenvalue weighted by Crippen LogP contribution is 2.25. The van der Waals surface area contributed by atoms with Gasteiger partial charge in [-0.1, -0.05) is 23.7 Å². The van der Waals surface area contributed by atoms with Gasteiger partial charge in [-0.2, -0.15) is 0 Å². The molecule has 0 radical (unpaired) electrons. The molecule has 2 aromatic rings. The zero-order valence-electron chi connectivity index (χ0n) is 15.4. The molecule has 2 atom stereocenters. The van der Waals surface area contributed by atoms with Crippen molar-refractivity contribution in [2.24, 2.45) is 0 Å². The molecule has 0 bridgehead atoms. The van der Waals surface area contributed by atoms with Gasteiger partial charge in [0.05, 0.1) is 13.7 Å². The van der Waals surface area contributed by atoms with Crippen molar-refractivity contribution in [1.82, 2.24) is 0 Å². The minimum absolute atomic E-state index is 0.214. The van der Waals surface area contributed by atoms with Gasteiger partial charge >= 0.3 is 11.9 Å². The van der Waals surface area contributed by atoms with Gasteiger partial charge in [-0.05, 0) is 55.8 Å². The number of carbonyl (C=O) groups is 2. The molecule has 2 aromatic carbocycles. The Balaban J connectivity index is 2.21. The van der Waals surface area contributed by atoms with Crippen LogP contribution in [0.1, 0.15) is 25.5 Å². The van der Waals surface area contributed by atoms with Gasteiger partial charge in [-0.3, -0.25) is 0 Å². The monoisotopic (exact) mass is 391 g/mol. The van der Waals surface area contributed by atoms with Gasteiger partial charge in [0.1, 0.15) is 5.75 Å². The second kappa shape index (κ2) is 9.83. The van der Waals surface area contributed by atoms with Crippen molar-refractivity contribution in [2.75, 3.05) is 19.0 Å². The number of ether oxygens (including phenoxy) is 3. The van der Waals surface area contributed by atoms with E-state index in [0.717, 1.165) is 0 Å². The zero-order chi connectivity index (χ0) is 19.8. The molecule has 0 heterocycles. The van der Waals surface area contributed by atoms with Crippen LogP contribution in [0.2, 0.25) is 5.02 Å². The topological polar surface area (TPSA) is 73.9 Å². The van der Waals surface area contributed by atoms with Gasteiger partial charge in [0.2, 0.25) is 0 Å². The Kier molecular flexibility index (Phi) is 7.49. The van der Waals surface area contributed by atoms with Gasteiger partial charge in [0.15, 0.2) is 12.1 Å². The van der Waals surface area contributed by atoms with Gasteiger partial charge < -0.3 is 19.5 Å². The largest absolute Gasteiger partial charge is 0.497 e. The van der Waals surface area contributed by atoms with Crippen LogP contribution in [-0.4, -0.2) is 31.8 Å². The Bertz CT molecular complexity index is 761. The summed E-state index contributed by atoms with van der Waals surface area (Å²) in [4.78, 5) is 24.5. The molecule has 0 aromatic heterocycles. The van der Waals surface area contributed by atoms with Crippen molar-refractivity contribution in [3.05, 3.63) is 59.1 Å². The molecule has 0 amide bonds. The molecule has 0 saturated heterocycles. The van der Waals surface area contributed by atoms with Crippen molar-refractivity contribution in [3.63, 3.8) is 0 Å². The first-order chi connectivity index (χ1) is 12.9. The maximum absolute atomic E-state index is 12.7. The van der Waals surface area contributed by atoms with Crippen molar-refractivity contribution in [1.29, 1.82) is 0 Å². The summed E-state index contributed by atoms with van der Waals surface area (Å²) in [5.74, 6) is -0.499. The average molecular weight is 392 g/mol. The summed E-state index contributed by atoms with van der Waals surface area (Å²) in [6.07, 6.45) is -1.01. The van der Waals surface area contributed by atoms with E-state index in [1.54, 1.807) is 62.6 Å². The molecule has 0 spiro atoms. The quantitative estimate of drug-likeness (QED) is 0.686. The number of hydrogen-bond acceptors (Lipinski definition) is 6. The van der Waals surface area contributed by atoms with E-state index in [-0.39, 0.29) is 6.61 Å². The van der Waals surface area contributed by atoms with E-state index in [1.165, 1.54) is 6.92 Å². The van der Waals surface area contributed by atoms with E-state index < -0.39 is 24.1 Å². The van der Waals surface area contributed by atoms with E-state index in [1.807, 2.05) is 0 Å². The smallest absolute Gasteiger partial charge is 0.347 e. The standard InChI is InChI=1S/C20H22ClNO5/c1-4-26-19(23)13(2)27-20(24)18(14-5-7-15(21)8-6-14)22-16-9-11-17(25-3)12-10-16/h5-13,18,22H,4H2,1-3H3/t13-,18+/m0/s1. The third-order valence-electron chi connectivity index (χ3n) is 3.75. The van der Waals surface area contributed by atoms with Crippen LogP contribution >= 0.6 is 11.6 Å². The lowest BCUT2D eigenvalue weighted by Gasteiger charge is -2.21. The van der Waals surface area contributed by atoms with Crippen LogP contribution in [0.3, 0.4) is 0 Å². The summed E-state index contributed by atoms with van der Waals surface area (Å²) in [5.41, 5.74) is 1.34. The lowest BCUT2D eigenvalue weighted by Crippen LogP contribution is -2.31. The summed E-state index contributed by atoms with van der Waals surface area (Å²) >= 11 is 5.94. The van der Waals surface area contributed by atoms with Gasteiger partial charge in [-0.25, -0.2) is 9.59 Å². The van der Waals surface area contributed by atoms with E-state index in [0.29, 0.717) is 22.0 Å². The minimum Gasteiger partial charge on any atom is -0.497 e. The first-order valence-corrected chi connectivity index (χ1v) is 8.85. The van der Waals surface area contributed by atoms with Crippen LogP contribution in [0.5, 0.6) is 5.75 Å². The number of anilines is 1. The van der Waals surface area contributed by atoms with Crippen LogP contribution in [-0.2, 0) is 19.1 Å². The maximum Gasteiger partial charge on any atom is 0.347 e. The van der Waals surface area contributed by atoms with Crippen LogP contribution in [0.4, 0.5) is 5.69 Å². The first-order valence-electron chi connectivity index (χ1n) is 8.47.